The molecule has 0 fully saturated rings. The van der Waals surface area contributed by atoms with Crippen LogP contribution in [0.5, 0.6) is 0 Å². The Labute approximate surface area is 112 Å². The first kappa shape index (κ1) is 12.5. The first-order valence-electron chi connectivity index (χ1n) is 6.42. The van der Waals surface area contributed by atoms with Crippen molar-refractivity contribution < 1.29 is 0 Å². The Kier molecular flexibility index (Phi) is 2.50. The number of hydrogen-bond donors (Lipinski definition) is 0. The largest absolute Gasteiger partial charge is 0.275 e. The highest BCUT2D eigenvalue weighted by atomic mass is 16.2. The van der Waals surface area contributed by atoms with Gasteiger partial charge < -0.3 is 0 Å². The summed E-state index contributed by atoms with van der Waals surface area (Å²) in [4.78, 5) is 48.7. The lowest BCUT2D eigenvalue weighted by molar-refractivity contribution is 0.720. The average molecular weight is 272 g/mol. The van der Waals surface area contributed by atoms with E-state index in [4.69, 9.17) is 0 Å². The van der Waals surface area contributed by atoms with Crippen LogP contribution in [-0.2, 0) is 13.1 Å². The molecule has 0 spiro atoms. The van der Waals surface area contributed by atoms with Crippen LogP contribution in [0.15, 0.2) is 31.3 Å². The van der Waals surface area contributed by atoms with Crippen molar-refractivity contribution in [3.05, 3.63) is 53.5 Å². The van der Waals surface area contributed by atoms with Crippen LogP contribution in [0, 0.1) is 0 Å². The van der Waals surface area contributed by atoms with E-state index in [-0.39, 0.29) is 34.6 Å². The van der Waals surface area contributed by atoms with Crippen LogP contribution < -0.4 is 22.2 Å². The molecule has 0 saturated carbocycles. The van der Waals surface area contributed by atoms with E-state index >= 15 is 0 Å². The summed E-state index contributed by atoms with van der Waals surface area (Å²) >= 11 is 0. The Balaban J connectivity index is 2.75. The van der Waals surface area contributed by atoms with Gasteiger partial charge >= 0.3 is 0 Å². The molecule has 0 radical (unpaired) electrons. The van der Waals surface area contributed by atoms with Crippen LogP contribution in [-0.4, -0.2) is 9.13 Å². The number of hydrogen-bond acceptors (Lipinski definition) is 4. The second-order valence-corrected chi connectivity index (χ2v) is 4.62. The van der Waals surface area contributed by atoms with Gasteiger partial charge in [0.1, 0.15) is 0 Å². The third-order valence-electron chi connectivity index (χ3n) is 3.71. The van der Waals surface area contributed by atoms with Gasteiger partial charge in [-0.2, -0.15) is 0 Å². The maximum atomic E-state index is 12.3. The topological polar surface area (TPSA) is 78.1 Å². The molecule has 0 bridgehead atoms. The minimum atomic E-state index is -0.497. The van der Waals surface area contributed by atoms with Crippen molar-refractivity contribution in [1.29, 1.82) is 0 Å². The fourth-order valence-corrected chi connectivity index (χ4v) is 2.72. The fraction of sp³-hybridized carbons (Fsp3) is 0.286. The molecule has 2 aromatic heterocycles. The van der Waals surface area contributed by atoms with Crippen molar-refractivity contribution in [3.63, 3.8) is 0 Å². The van der Waals surface area contributed by atoms with Crippen LogP contribution >= 0.6 is 0 Å². The molecule has 102 valence electrons. The van der Waals surface area contributed by atoms with Gasteiger partial charge in [-0.3, -0.25) is 28.3 Å². The molecule has 2 heterocycles. The van der Waals surface area contributed by atoms with Crippen LogP contribution in [0.25, 0.3) is 21.5 Å². The molecule has 0 unspecified atom stereocenters. The SMILES string of the molecule is CCn1c(=O)c2ccc3c(=O)n(CC)c(=O)c3c2c1=O. The zero-order chi connectivity index (χ0) is 14.6. The highest BCUT2D eigenvalue weighted by Gasteiger charge is 2.20. The van der Waals surface area contributed by atoms with Crippen LogP contribution in [0.2, 0.25) is 0 Å². The van der Waals surface area contributed by atoms with Gasteiger partial charge in [0.2, 0.25) is 0 Å². The van der Waals surface area contributed by atoms with Gasteiger partial charge in [0.05, 0.1) is 21.5 Å². The lowest BCUT2D eigenvalue weighted by Crippen LogP contribution is -2.25. The van der Waals surface area contributed by atoms with Gasteiger partial charge in [-0.25, -0.2) is 0 Å². The number of aromatic nitrogens is 2. The Hall–Kier alpha value is -2.50. The third kappa shape index (κ3) is 1.28. The minimum Gasteiger partial charge on any atom is -0.275 e. The van der Waals surface area contributed by atoms with Gasteiger partial charge in [-0.1, -0.05) is 0 Å². The summed E-state index contributed by atoms with van der Waals surface area (Å²) in [6.45, 7) is 3.85. The lowest BCUT2D eigenvalue weighted by Gasteiger charge is -1.89. The van der Waals surface area contributed by atoms with Crippen LogP contribution in [0.3, 0.4) is 0 Å². The van der Waals surface area contributed by atoms with E-state index in [9.17, 15) is 19.2 Å². The molecule has 0 aliphatic rings. The highest BCUT2D eigenvalue weighted by Crippen LogP contribution is 2.16. The Morgan fingerprint density at radius 2 is 1.05 bits per heavy atom. The Morgan fingerprint density at radius 1 is 0.700 bits per heavy atom. The number of rotatable bonds is 2. The van der Waals surface area contributed by atoms with Crippen molar-refractivity contribution in [3.8, 4) is 0 Å². The fourth-order valence-electron chi connectivity index (χ4n) is 2.72. The maximum absolute atomic E-state index is 12.3. The normalized spacial score (nSPS) is 11.7. The summed E-state index contributed by atoms with van der Waals surface area (Å²) in [5, 5.41) is 0.553. The standard InChI is InChI=1S/C14H12N2O4/c1-3-15-11(17)7-5-6-8-10(9(7)13(15)19)14(20)16(4-2)12(8)18/h5-6H,3-4H2,1-2H3. The van der Waals surface area contributed by atoms with Crippen molar-refractivity contribution in [2.45, 2.75) is 26.9 Å². The second-order valence-electron chi connectivity index (χ2n) is 4.62. The van der Waals surface area contributed by atoms with Gasteiger partial charge in [0, 0.05) is 13.1 Å². The molecule has 0 saturated heterocycles. The minimum absolute atomic E-state index is 0.0728. The van der Waals surface area contributed by atoms with Crippen molar-refractivity contribution in [2.24, 2.45) is 0 Å². The van der Waals surface area contributed by atoms with E-state index in [2.05, 4.69) is 0 Å². The van der Waals surface area contributed by atoms with E-state index in [0.29, 0.717) is 0 Å². The first-order valence-corrected chi connectivity index (χ1v) is 6.42. The molecule has 20 heavy (non-hydrogen) atoms. The zero-order valence-corrected chi connectivity index (χ0v) is 11.1. The van der Waals surface area contributed by atoms with E-state index < -0.39 is 22.2 Å². The molecule has 0 aliphatic heterocycles. The molecule has 3 aromatic rings. The Morgan fingerprint density at radius 3 is 1.35 bits per heavy atom. The second kappa shape index (κ2) is 4.00. The molecular formula is C14H12N2O4. The highest BCUT2D eigenvalue weighted by molar-refractivity contribution is 6.07. The molecule has 0 N–H and O–H groups in total. The summed E-state index contributed by atoms with van der Waals surface area (Å²) in [6, 6.07) is 2.91. The maximum Gasteiger partial charge on any atom is 0.262 e. The van der Waals surface area contributed by atoms with Gasteiger partial charge in [0.15, 0.2) is 0 Å². The molecule has 6 heteroatoms. The quantitative estimate of drug-likeness (QED) is 0.655. The van der Waals surface area contributed by atoms with Gasteiger partial charge in [-0.05, 0) is 26.0 Å². The number of fused-ring (bicyclic) bond motifs is 3. The molecule has 1 aromatic carbocycles. The molecule has 6 nitrogen and oxygen atoms in total. The van der Waals surface area contributed by atoms with Crippen molar-refractivity contribution in [1.82, 2.24) is 9.13 Å². The average Bonchev–Trinajstić information content (AvgIpc) is 2.83. The predicted molar refractivity (Wildman–Crippen MR) is 76.2 cm³/mol. The summed E-state index contributed by atoms with van der Waals surface area (Å²) in [5.41, 5.74) is -1.82. The summed E-state index contributed by atoms with van der Waals surface area (Å²) in [5.74, 6) is 0. The molecule has 0 atom stereocenters. The molecular weight excluding hydrogens is 260 g/mol. The molecule has 0 aliphatic carbocycles. The van der Waals surface area contributed by atoms with Gasteiger partial charge in [-0.15, -0.1) is 0 Å². The zero-order valence-electron chi connectivity index (χ0n) is 11.1. The summed E-state index contributed by atoms with van der Waals surface area (Å²) in [7, 11) is 0. The molecule has 0 amide bonds. The smallest absolute Gasteiger partial charge is 0.262 e. The molecule has 3 rings (SSSR count). The van der Waals surface area contributed by atoms with E-state index in [0.717, 1.165) is 9.13 Å². The van der Waals surface area contributed by atoms with Gasteiger partial charge in [0.25, 0.3) is 22.2 Å². The van der Waals surface area contributed by atoms with Crippen LogP contribution in [0.4, 0.5) is 0 Å². The van der Waals surface area contributed by atoms with Crippen LogP contribution in [0.1, 0.15) is 13.8 Å². The number of benzene rings is 1. The summed E-state index contributed by atoms with van der Waals surface area (Å²) < 4.78 is 2.16. The predicted octanol–water partition coefficient (Wildman–Crippen LogP) is -0.0478. The van der Waals surface area contributed by atoms with Crippen molar-refractivity contribution >= 4 is 21.5 Å². The van der Waals surface area contributed by atoms with E-state index in [1.165, 1.54) is 12.1 Å². The Bertz CT molecular complexity index is 960. The summed E-state index contributed by atoms with van der Waals surface area (Å²) in [6.07, 6.45) is 0. The monoisotopic (exact) mass is 272 g/mol. The first-order chi connectivity index (χ1) is 9.52. The number of nitrogens with zero attached hydrogens (tertiary/aromatic N) is 2. The van der Waals surface area contributed by atoms with E-state index in [1.54, 1.807) is 13.8 Å². The van der Waals surface area contributed by atoms with Crippen molar-refractivity contribution in [2.75, 3.05) is 0 Å². The third-order valence-corrected chi connectivity index (χ3v) is 3.71. The van der Waals surface area contributed by atoms with E-state index in [1.807, 2.05) is 0 Å². The lowest BCUT2D eigenvalue weighted by atomic mass is 10.1.